The summed E-state index contributed by atoms with van der Waals surface area (Å²) in [6, 6.07) is 19.4. The fourth-order valence-electron chi connectivity index (χ4n) is 1.83. The van der Waals surface area contributed by atoms with Crippen LogP contribution in [0, 0.1) is 0 Å². The predicted octanol–water partition coefficient (Wildman–Crippen LogP) is 1.57. The minimum Gasteiger partial charge on any atom is -0.316 e. The van der Waals surface area contributed by atoms with E-state index in [0.29, 0.717) is 0 Å². The van der Waals surface area contributed by atoms with E-state index in [1.807, 2.05) is 0 Å². The van der Waals surface area contributed by atoms with Crippen LogP contribution in [0.15, 0.2) is 54.6 Å². The van der Waals surface area contributed by atoms with E-state index >= 15 is 0 Å². The molecule has 1 atom stereocenters. The number of hydrogen-bond acceptors (Lipinski definition) is 0. The summed E-state index contributed by atoms with van der Waals surface area (Å²) in [7, 11) is 1.88. The van der Waals surface area contributed by atoms with Crippen LogP contribution >= 0.6 is 7.92 Å². The lowest BCUT2D eigenvalue weighted by Gasteiger charge is -2.14. The Kier molecular flexibility index (Phi) is 3.71. The minimum absolute atomic E-state index is 0.229. The zero-order valence-electron chi connectivity index (χ0n) is 9.72. The van der Waals surface area contributed by atoms with E-state index in [4.69, 9.17) is 0 Å². The van der Waals surface area contributed by atoms with Crippen molar-refractivity contribution in [2.75, 3.05) is 13.7 Å². The molecule has 82 valence electrons. The third-order valence-corrected chi connectivity index (χ3v) is 4.96. The van der Waals surface area contributed by atoms with Crippen molar-refractivity contribution < 1.29 is 5.32 Å². The predicted molar refractivity (Wildman–Crippen MR) is 72.5 cm³/mol. The van der Waals surface area contributed by atoms with Crippen LogP contribution in [-0.4, -0.2) is 13.7 Å². The van der Waals surface area contributed by atoms with E-state index in [9.17, 15) is 0 Å². The second kappa shape index (κ2) is 5.25. The Balaban J connectivity index is 2.37. The maximum atomic E-state index is 2.33. The van der Waals surface area contributed by atoms with E-state index in [-0.39, 0.29) is 7.92 Å². The van der Waals surface area contributed by atoms with E-state index in [2.05, 4.69) is 73.6 Å². The van der Waals surface area contributed by atoms with E-state index < -0.39 is 0 Å². The van der Waals surface area contributed by atoms with Gasteiger partial charge in [0.1, 0.15) is 5.69 Å². The van der Waals surface area contributed by atoms with Crippen molar-refractivity contribution in [2.45, 2.75) is 0 Å². The van der Waals surface area contributed by atoms with Crippen LogP contribution in [0.5, 0.6) is 0 Å². The maximum absolute atomic E-state index is 2.33. The summed E-state index contributed by atoms with van der Waals surface area (Å²) in [6.45, 7) is 2.33. The Labute approximate surface area is 98.3 Å². The van der Waals surface area contributed by atoms with Crippen LogP contribution in [0.2, 0.25) is 0 Å². The minimum atomic E-state index is -0.229. The fourth-order valence-corrected chi connectivity index (χ4v) is 3.63. The third-order valence-electron chi connectivity index (χ3n) is 2.75. The highest BCUT2D eigenvalue weighted by atomic mass is 31.1. The van der Waals surface area contributed by atoms with E-state index in [1.54, 1.807) is 0 Å². The molecule has 2 rings (SSSR count). The lowest BCUT2D eigenvalue weighted by Crippen LogP contribution is -2.74. The quantitative estimate of drug-likeness (QED) is 0.609. The molecule has 2 heteroatoms. The zero-order chi connectivity index (χ0) is 11.4. The lowest BCUT2D eigenvalue weighted by molar-refractivity contribution is -0.538. The number of quaternary nitrogens is 1. The number of hydrogen-bond donors (Lipinski definition) is 1. The van der Waals surface area contributed by atoms with Crippen molar-refractivity contribution >= 4 is 24.2 Å². The first-order valence-corrected chi connectivity index (χ1v) is 7.29. The molecule has 0 radical (unpaired) electrons. The second-order valence-electron chi connectivity index (χ2n) is 3.74. The molecule has 0 saturated carbocycles. The first kappa shape index (κ1) is 11.3. The highest BCUT2D eigenvalue weighted by molar-refractivity contribution is 7.72. The maximum Gasteiger partial charge on any atom is 0.137 e. The monoisotopic (exact) mass is 230 g/mol. The molecule has 0 heterocycles. The lowest BCUT2D eigenvalue weighted by atomic mass is 10.3. The standard InChI is InChI=1S/C14H16NP/c1-15-13-10-6-7-11-14(13)16(2)12-8-4-3-5-9-12/h3-11,15H,1-2H3/p+1. The molecule has 0 amide bonds. The Morgan fingerprint density at radius 1 is 0.875 bits per heavy atom. The van der Waals surface area contributed by atoms with Crippen molar-refractivity contribution in [1.82, 2.24) is 0 Å². The normalized spacial score (nSPS) is 12.4. The van der Waals surface area contributed by atoms with Gasteiger partial charge in [-0.05, 0) is 32.0 Å². The second-order valence-corrected chi connectivity index (χ2v) is 5.86. The molecule has 0 fully saturated rings. The van der Waals surface area contributed by atoms with Crippen LogP contribution in [0.1, 0.15) is 0 Å². The van der Waals surface area contributed by atoms with Crippen molar-refractivity contribution in [1.29, 1.82) is 0 Å². The molecule has 0 aromatic heterocycles. The van der Waals surface area contributed by atoms with Gasteiger partial charge in [0.05, 0.1) is 7.05 Å². The van der Waals surface area contributed by atoms with Crippen molar-refractivity contribution in [3.05, 3.63) is 54.6 Å². The summed E-state index contributed by atoms with van der Waals surface area (Å²) in [6.07, 6.45) is 0. The van der Waals surface area contributed by atoms with Crippen molar-refractivity contribution in [3.63, 3.8) is 0 Å². The molecule has 0 spiro atoms. The Morgan fingerprint density at radius 2 is 1.50 bits per heavy atom. The van der Waals surface area contributed by atoms with E-state index in [1.165, 1.54) is 16.3 Å². The first-order valence-electron chi connectivity index (χ1n) is 5.50. The highest BCUT2D eigenvalue weighted by Gasteiger charge is 2.12. The summed E-state index contributed by atoms with van der Waals surface area (Å²) in [5, 5.41) is 5.09. The van der Waals surface area contributed by atoms with E-state index in [0.717, 1.165) is 0 Å². The Hall–Kier alpha value is -1.17. The molecule has 16 heavy (non-hydrogen) atoms. The fraction of sp³-hybridized carbons (Fsp3) is 0.143. The largest absolute Gasteiger partial charge is 0.316 e. The van der Waals surface area contributed by atoms with Gasteiger partial charge in [-0.1, -0.05) is 42.5 Å². The number of rotatable bonds is 3. The van der Waals surface area contributed by atoms with Crippen LogP contribution in [0.25, 0.3) is 0 Å². The number of nitrogens with two attached hydrogens (primary N) is 1. The molecule has 2 aromatic rings. The highest BCUT2D eigenvalue weighted by Crippen LogP contribution is 2.30. The average Bonchev–Trinajstić information content (AvgIpc) is 2.39. The van der Waals surface area contributed by atoms with Crippen LogP contribution in [0.4, 0.5) is 5.69 Å². The van der Waals surface area contributed by atoms with Gasteiger partial charge in [-0.15, -0.1) is 0 Å². The molecule has 0 saturated heterocycles. The first-order chi connectivity index (χ1) is 7.83. The number of para-hydroxylation sites is 1. The zero-order valence-corrected chi connectivity index (χ0v) is 10.6. The molecule has 0 aliphatic rings. The van der Waals surface area contributed by atoms with Crippen molar-refractivity contribution in [3.8, 4) is 0 Å². The van der Waals surface area contributed by atoms with Gasteiger partial charge in [-0.2, -0.15) is 0 Å². The van der Waals surface area contributed by atoms with Crippen LogP contribution in [-0.2, 0) is 0 Å². The SMILES string of the molecule is C[NH2+]c1ccccc1P(C)c1ccccc1. The molecule has 1 unspecified atom stereocenters. The van der Waals surface area contributed by atoms with Crippen LogP contribution in [0.3, 0.4) is 0 Å². The topological polar surface area (TPSA) is 16.6 Å². The molecule has 0 bridgehead atoms. The Morgan fingerprint density at radius 3 is 2.19 bits per heavy atom. The molecule has 0 aliphatic heterocycles. The summed E-state index contributed by atoms with van der Waals surface area (Å²) in [5.74, 6) is 0. The van der Waals surface area contributed by atoms with Gasteiger partial charge in [0.2, 0.25) is 0 Å². The molecule has 0 aliphatic carbocycles. The van der Waals surface area contributed by atoms with Gasteiger partial charge in [0.25, 0.3) is 0 Å². The molecule has 2 N–H and O–H groups in total. The average molecular weight is 230 g/mol. The molecular weight excluding hydrogens is 213 g/mol. The van der Waals surface area contributed by atoms with Crippen LogP contribution < -0.4 is 15.9 Å². The van der Waals surface area contributed by atoms with Gasteiger partial charge >= 0.3 is 0 Å². The van der Waals surface area contributed by atoms with Gasteiger partial charge in [0.15, 0.2) is 0 Å². The third kappa shape index (κ3) is 2.32. The summed E-state index contributed by atoms with van der Waals surface area (Å²) in [5.41, 5.74) is 1.36. The summed E-state index contributed by atoms with van der Waals surface area (Å²) >= 11 is 0. The molecular formula is C14H17NP+. The van der Waals surface area contributed by atoms with Crippen molar-refractivity contribution in [2.24, 2.45) is 0 Å². The van der Waals surface area contributed by atoms with Gasteiger partial charge in [-0.25, -0.2) is 0 Å². The van der Waals surface area contributed by atoms with Gasteiger partial charge in [-0.3, -0.25) is 0 Å². The number of benzene rings is 2. The smallest absolute Gasteiger partial charge is 0.137 e. The van der Waals surface area contributed by atoms with Gasteiger partial charge < -0.3 is 5.32 Å². The molecule has 1 nitrogen and oxygen atoms in total. The van der Waals surface area contributed by atoms with Gasteiger partial charge in [0, 0.05) is 5.30 Å². The summed E-state index contributed by atoms with van der Waals surface area (Å²) < 4.78 is 0. The molecule has 2 aromatic carbocycles. The summed E-state index contributed by atoms with van der Waals surface area (Å²) in [4.78, 5) is 0. The Bertz CT molecular complexity index is 453.